The van der Waals surface area contributed by atoms with Gasteiger partial charge < -0.3 is 5.73 Å². The molecule has 110 valence electrons. The van der Waals surface area contributed by atoms with Gasteiger partial charge in [0.1, 0.15) is 0 Å². The SMILES string of the molecule is Cc1ccc(C#CCN)c(NS(=O)(=O)CS(C)(=O)=O)c1. The number of sulfone groups is 1. The van der Waals surface area contributed by atoms with Crippen LogP contribution in [-0.4, -0.2) is 34.7 Å². The third-order valence-corrected chi connectivity index (χ3v) is 5.62. The molecule has 1 aromatic carbocycles. The van der Waals surface area contributed by atoms with Gasteiger partial charge in [-0.2, -0.15) is 0 Å². The zero-order chi connectivity index (χ0) is 15.4. The summed E-state index contributed by atoms with van der Waals surface area (Å²) in [6.07, 6.45) is 0.859. The largest absolute Gasteiger partial charge is 0.320 e. The molecule has 0 saturated heterocycles. The van der Waals surface area contributed by atoms with Crippen molar-refractivity contribution in [2.24, 2.45) is 5.73 Å². The molecule has 0 amide bonds. The van der Waals surface area contributed by atoms with E-state index >= 15 is 0 Å². The molecule has 1 aromatic rings. The van der Waals surface area contributed by atoms with Crippen LogP contribution in [0.15, 0.2) is 18.2 Å². The lowest BCUT2D eigenvalue weighted by Crippen LogP contribution is -2.22. The fourth-order valence-corrected chi connectivity index (χ4v) is 4.47. The number of hydrogen-bond acceptors (Lipinski definition) is 5. The van der Waals surface area contributed by atoms with E-state index in [1.165, 1.54) is 0 Å². The second kappa shape index (κ2) is 6.26. The lowest BCUT2D eigenvalue weighted by atomic mass is 10.1. The van der Waals surface area contributed by atoms with Crippen molar-refractivity contribution >= 4 is 25.5 Å². The highest BCUT2D eigenvalue weighted by Crippen LogP contribution is 2.18. The van der Waals surface area contributed by atoms with Gasteiger partial charge >= 0.3 is 0 Å². The molecule has 6 nitrogen and oxygen atoms in total. The Labute approximate surface area is 119 Å². The minimum absolute atomic E-state index is 0.142. The molecule has 0 aliphatic rings. The number of hydrogen-bond donors (Lipinski definition) is 2. The third-order valence-electron chi connectivity index (χ3n) is 2.13. The molecular weight excluding hydrogens is 300 g/mol. The molecule has 0 aliphatic carbocycles. The molecule has 0 bridgehead atoms. The highest BCUT2D eigenvalue weighted by Gasteiger charge is 2.19. The van der Waals surface area contributed by atoms with Crippen molar-refractivity contribution in [3.63, 3.8) is 0 Å². The fraction of sp³-hybridized carbons (Fsp3) is 0.333. The van der Waals surface area contributed by atoms with E-state index in [1.54, 1.807) is 25.1 Å². The molecule has 3 N–H and O–H groups in total. The van der Waals surface area contributed by atoms with Crippen LogP contribution in [0.3, 0.4) is 0 Å². The van der Waals surface area contributed by atoms with Crippen molar-refractivity contribution in [1.29, 1.82) is 0 Å². The predicted molar refractivity (Wildman–Crippen MR) is 79.4 cm³/mol. The molecular formula is C12H16N2O4S2. The molecule has 0 radical (unpaired) electrons. The maximum absolute atomic E-state index is 11.8. The molecule has 8 heteroatoms. The quantitative estimate of drug-likeness (QED) is 0.763. The first kappa shape index (κ1) is 16.5. The Morgan fingerprint density at radius 1 is 1.25 bits per heavy atom. The van der Waals surface area contributed by atoms with Crippen molar-refractivity contribution in [3.8, 4) is 11.8 Å². The smallest absolute Gasteiger partial charge is 0.247 e. The van der Waals surface area contributed by atoms with Crippen LogP contribution in [0.5, 0.6) is 0 Å². The first-order valence-corrected chi connectivity index (χ1v) is 9.32. The summed E-state index contributed by atoms with van der Waals surface area (Å²) in [6, 6.07) is 5.01. The number of rotatable bonds is 4. The van der Waals surface area contributed by atoms with Crippen molar-refractivity contribution in [3.05, 3.63) is 29.3 Å². The summed E-state index contributed by atoms with van der Waals surface area (Å²) in [5.41, 5.74) is 6.78. The highest BCUT2D eigenvalue weighted by atomic mass is 32.3. The van der Waals surface area contributed by atoms with Crippen molar-refractivity contribution < 1.29 is 16.8 Å². The summed E-state index contributed by atoms with van der Waals surface area (Å²) < 4.78 is 48.0. The molecule has 0 aliphatic heterocycles. The summed E-state index contributed by atoms with van der Waals surface area (Å²) >= 11 is 0. The van der Waals surface area contributed by atoms with Crippen LogP contribution in [0, 0.1) is 18.8 Å². The Balaban J connectivity index is 3.17. The van der Waals surface area contributed by atoms with E-state index in [-0.39, 0.29) is 12.2 Å². The van der Waals surface area contributed by atoms with Crippen LogP contribution in [0.25, 0.3) is 0 Å². The van der Waals surface area contributed by atoms with Gasteiger partial charge in [0.05, 0.1) is 12.2 Å². The van der Waals surface area contributed by atoms with Gasteiger partial charge in [0.25, 0.3) is 0 Å². The molecule has 20 heavy (non-hydrogen) atoms. The molecule has 0 heterocycles. The maximum Gasteiger partial charge on any atom is 0.247 e. The van der Waals surface area contributed by atoms with Crippen molar-refractivity contribution in [2.45, 2.75) is 6.92 Å². The maximum atomic E-state index is 11.8. The van der Waals surface area contributed by atoms with Gasteiger partial charge in [-0.25, -0.2) is 16.8 Å². The molecule has 0 fully saturated rings. The van der Waals surface area contributed by atoms with Gasteiger partial charge in [0.15, 0.2) is 14.9 Å². The van der Waals surface area contributed by atoms with E-state index in [9.17, 15) is 16.8 Å². The topological polar surface area (TPSA) is 106 Å². The highest BCUT2D eigenvalue weighted by molar-refractivity contribution is 8.08. The number of nitrogens with two attached hydrogens (primary N) is 1. The lowest BCUT2D eigenvalue weighted by molar-refractivity contribution is 0.595. The van der Waals surface area contributed by atoms with Gasteiger partial charge in [0.2, 0.25) is 10.0 Å². The van der Waals surface area contributed by atoms with Crippen LogP contribution >= 0.6 is 0 Å². The second-order valence-corrected chi connectivity index (χ2v) is 8.54. The average Bonchev–Trinajstić information content (AvgIpc) is 2.24. The Bertz CT molecular complexity index is 756. The van der Waals surface area contributed by atoms with Crippen LogP contribution in [0.4, 0.5) is 5.69 Å². The molecule has 0 atom stereocenters. The molecule has 1 rings (SSSR count). The number of benzene rings is 1. The van der Waals surface area contributed by atoms with Gasteiger partial charge in [-0.3, -0.25) is 4.72 Å². The van der Waals surface area contributed by atoms with E-state index in [2.05, 4.69) is 16.6 Å². The lowest BCUT2D eigenvalue weighted by Gasteiger charge is -2.10. The van der Waals surface area contributed by atoms with Gasteiger partial charge in [-0.1, -0.05) is 17.9 Å². The number of aryl methyl sites for hydroxylation is 1. The van der Waals surface area contributed by atoms with Crippen molar-refractivity contribution in [1.82, 2.24) is 0 Å². The minimum Gasteiger partial charge on any atom is -0.320 e. The third kappa shape index (κ3) is 5.61. The van der Waals surface area contributed by atoms with E-state index in [1.807, 2.05) is 0 Å². The summed E-state index contributed by atoms with van der Waals surface area (Å²) in [6.45, 7) is 1.93. The summed E-state index contributed by atoms with van der Waals surface area (Å²) in [5, 5.41) is -0.975. The predicted octanol–water partition coefficient (Wildman–Crippen LogP) is 0.0490. The van der Waals surface area contributed by atoms with Crippen molar-refractivity contribution in [2.75, 3.05) is 22.6 Å². The Kier molecular flexibility index (Phi) is 5.16. The van der Waals surface area contributed by atoms with Gasteiger partial charge in [-0.15, -0.1) is 0 Å². The first-order valence-electron chi connectivity index (χ1n) is 5.61. The van der Waals surface area contributed by atoms with Crippen LogP contribution in [0.2, 0.25) is 0 Å². The van der Waals surface area contributed by atoms with Crippen LogP contribution in [0.1, 0.15) is 11.1 Å². The summed E-state index contributed by atoms with van der Waals surface area (Å²) in [4.78, 5) is 0. The second-order valence-electron chi connectivity index (χ2n) is 4.32. The Morgan fingerprint density at radius 3 is 2.45 bits per heavy atom. The molecule has 0 aromatic heterocycles. The standard InChI is InChI=1S/C12H16N2O4S2/c1-10-5-6-11(4-3-7-13)12(8-10)14-20(17,18)9-19(2,15)16/h5-6,8,14H,7,9,13H2,1-2H3. The van der Waals surface area contributed by atoms with Gasteiger partial charge in [-0.05, 0) is 24.6 Å². The molecule has 0 saturated carbocycles. The summed E-state index contributed by atoms with van der Waals surface area (Å²) in [7, 11) is -7.64. The fourth-order valence-electron chi connectivity index (χ4n) is 1.48. The van der Waals surface area contributed by atoms with Crippen LogP contribution in [-0.2, 0) is 19.9 Å². The van der Waals surface area contributed by atoms with E-state index in [4.69, 9.17) is 5.73 Å². The molecule has 0 unspecified atom stereocenters. The Morgan fingerprint density at radius 2 is 1.90 bits per heavy atom. The van der Waals surface area contributed by atoms with E-state index in [0.29, 0.717) is 5.56 Å². The zero-order valence-corrected chi connectivity index (χ0v) is 12.8. The van der Waals surface area contributed by atoms with E-state index in [0.717, 1.165) is 11.8 Å². The average molecular weight is 316 g/mol. The van der Waals surface area contributed by atoms with Gasteiger partial charge in [0, 0.05) is 11.8 Å². The normalized spacial score (nSPS) is 11.6. The molecule has 0 spiro atoms. The summed E-state index contributed by atoms with van der Waals surface area (Å²) in [5.74, 6) is 5.36. The number of anilines is 1. The van der Waals surface area contributed by atoms with E-state index < -0.39 is 24.9 Å². The van der Waals surface area contributed by atoms with Crippen LogP contribution < -0.4 is 10.5 Å². The first-order chi connectivity index (χ1) is 9.13. The zero-order valence-electron chi connectivity index (χ0n) is 11.2. The Hall–Kier alpha value is -1.56. The number of nitrogens with one attached hydrogen (secondary N) is 1. The monoisotopic (exact) mass is 316 g/mol. The number of sulfonamides is 1. The minimum atomic E-state index is -3.99.